The summed E-state index contributed by atoms with van der Waals surface area (Å²) in [6.07, 6.45) is 4.14. The fourth-order valence-electron chi connectivity index (χ4n) is 3.64. The molecule has 1 aliphatic heterocycles. The zero-order valence-corrected chi connectivity index (χ0v) is 15.8. The van der Waals surface area contributed by atoms with Crippen LogP contribution < -0.4 is 10.2 Å². The lowest BCUT2D eigenvalue weighted by molar-refractivity contribution is 0.499. The predicted molar refractivity (Wildman–Crippen MR) is 111 cm³/mol. The van der Waals surface area contributed by atoms with Crippen molar-refractivity contribution in [3.63, 3.8) is 0 Å². The lowest BCUT2D eigenvalue weighted by Crippen LogP contribution is -2.34. The summed E-state index contributed by atoms with van der Waals surface area (Å²) in [6, 6.07) is 21.4. The van der Waals surface area contributed by atoms with Crippen molar-refractivity contribution in [2.24, 2.45) is 0 Å². The molecule has 138 valence electrons. The van der Waals surface area contributed by atoms with Crippen molar-refractivity contribution in [2.45, 2.75) is 32.2 Å². The van der Waals surface area contributed by atoms with Crippen molar-refractivity contribution in [1.82, 2.24) is 9.97 Å². The van der Waals surface area contributed by atoms with Crippen LogP contribution >= 0.6 is 0 Å². The van der Waals surface area contributed by atoms with E-state index in [4.69, 9.17) is 4.98 Å². The molecular formula is C23H26N4. The van der Waals surface area contributed by atoms with Gasteiger partial charge in [-0.3, -0.25) is 0 Å². The summed E-state index contributed by atoms with van der Waals surface area (Å²) in [7, 11) is 0. The molecule has 2 heterocycles. The number of anilines is 2. The zero-order chi connectivity index (χ0) is 18.5. The minimum atomic E-state index is 0.644. The molecule has 4 nitrogen and oxygen atoms in total. The molecule has 2 aromatic carbocycles. The summed E-state index contributed by atoms with van der Waals surface area (Å²) in [6.45, 7) is 4.88. The van der Waals surface area contributed by atoms with E-state index in [2.05, 4.69) is 76.7 Å². The SMILES string of the molecule is Cc1ccc(CNc2ccnc(N3CCC(c4ccccc4)CC3)n2)cc1. The van der Waals surface area contributed by atoms with Crippen LogP contribution in [0.15, 0.2) is 66.9 Å². The Labute approximate surface area is 161 Å². The number of hydrogen-bond acceptors (Lipinski definition) is 4. The molecule has 1 aliphatic rings. The molecule has 0 spiro atoms. The lowest BCUT2D eigenvalue weighted by atomic mass is 9.90. The van der Waals surface area contributed by atoms with Crippen LogP contribution in [-0.4, -0.2) is 23.1 Å². The molecule has 3 aromatic rings. The molecule has 0 atom stereocenters. The summed E-state index contributed by atoms with van der Waals surface area (Å²) in [5.74, 6) is 2.35. The highest BCUT2D eigenvalue weighted by Gasteiger charge is 2.22. The third kappa shape index (κ3) is 4.45. The second-order valence-corrected chi connectivity index (χ2v) is 7.25. The van der Waals surface area contributed by atoms with Crippen LogP contribution in [0.2, 0.25) is 0 Å². The number of nitrogens with zero attached hydrogens (tertiary/aromatic N) is 3. The molecule has 27 heavy (non-hydrogen) atoms. The Balaban J connectivity index is 1.36. The third-order valence-electron chi connectivity index (χ3n) is 5.29. The van der Waals surface area contributed by atoms with Gasteiger partial charge < -0.3 is 10.2 Å². The maximum Gasteiger partial charge on any atom is 0.227 e. The van der Waals surface area contributed by atoms with Gasteiger partial charge in [0.1, 0.15) is 5.82 Å². The average molecular weight is 358 g/mol. The lowest BCUT2D eigenvalue weighted by Gasteiger charge is -2.32. The van der Waals surface area contributed by atoms with Gasteiger partial charge in [-0.2, -0.15) is 4.98 Å². The minimum absolute atomic E-state index is 0.644. The highest BCUT2D eigenvalue weighted by molar-refractivity contribution is 5.42. The van der Waals surface area contributed by atoms with Gasteiger partial charge in [-0.15, -0.1) is 0 Å². The van der Waals surface area contributed by atoms with E-state index in [1.165, 1.54) is 16.7 Å². The Bertz CT molecular complexity index is 853. The van der Waals surface area contributed by atoms with Gasteiger partial charge in [-0.05, 0) is 42.9 Å². The quantitative estimate of drug-likeness (QED) is 0.712. The van der Waals surface area contributed by atoms with Crippen LogP contribution in [0.1, 0.15) is 35.4 Å². The Morgan fingerprint density at radius 2 is 1.70 bits per heavy atom. The average Bonchev–Trinajstić information content (AvgIpc) is 2.74. The van der Waals surface area contributed by atoms with E-state index >= 15 is 0 Å². The predicted octanol–water partition coefficient (Wildman–Crippen LogP) is 4.78. The molecule has 4 heteroatoms. The van der Waals surface area contributed by atoms with Crippen LogP contribution in [-0.2, 0) is 6.54 Å². The van der Waals surface area contributed by atoms with Crippen LogP contribution in [0.25, 0.3) is 0 Å². The maximum absolute atomic E-state index is 4.73. The first-order valence-corrected chi connectivity index (χ1v) is 9.70. The van der Waals surface area contributed by atoms with E-state index < -0.39 is 0 Å². The van der Waals surface area contributed by atoms with Crippen molar-refractivity contribution in [2.75, 3.05) is 23.3 Å². The monoisotopic (exact) mass is 358 g/mol. The summed E-state index contributed by atoms with van der Waals surface area (Å²) in [5.41, 5.74) is 3.98. The topological polar surface area (TPSA) is 41.1 Å². The van der Waals surface area contributed by atoms with Crippen molar-refractivity contribution in [3.05, 3.63) is 83.6 Å². The van der Waals surface area contributed by atoms with Crippen LogP contribution in [0.4, 0.5) is 11.8 Å². The van der Waals surface area contributed by atoms with Gasteiger partial charge in [0, 0.05) is 25.8 Å². The van der Waals surface area contributed by atoms with E-state index in [-0.39, 0.29) is 0 Å². The molecular weight excluding hydrogens is 332 g/mol. The second kappa shape index (κ2) is 8.21. The summed E-state index contributed by atoms with van der Waals surface area (Å²) >= 11 is 0. The molecule has 0 unspecified atom stereocenters. The smallest absolute Gasteiger partial charge is 0.227 e. The molecule has 1 fully saturated rings. The molecule has 1 N–H and O–H groups in total. The molecule has 0 bridgehead atoms. The van der Waals surface area contributed by atoms with Crippen molar-refractivity contribution in [3.8, 4) is 0 Å². The standard InChI is InChI=1S/C23H26N4/c1-18-7-9-19(10-8-18)17-25-22-11-14-24-23(26-22)27-15-12-21(13-16-27)20-5-3-2-4-6-20/h2-11,14,21H,12-13,15-17H2,1H3,(H,24,25,26). The molecule has 1 saturated heterocycles. The van der Waals surface area contributed by atoms with E-state index in [1.54, 1.807) is 0 Å². The summed E-state index contributed by atoms with van der Waals surface area (Å²) < 4.78 is 0. The van der Waals surface area contributed by atoms with Gasteiger partial charge in [0.25, 0.3) is 0 Å². The van der Waals surface area contributed by atoms with Crippen molar-refractivity contribution in [1.29, 1.82) is 0 Å². The van der Waals surface area contributed by atoms with Gasteiger partial charge in [0.15, 0.2) is 0 Å². The molecule has 4 rings (SSSR count). The normalized spacial score (nSPS) is 14.9. The van der Waals surface area contributed by atoms with Crippen molar-refractivity contribution < 1.29 is 0 Å². The Morgan fingerprint density at radius 3 is 2.44 bits per heavy atom. The fraction of sp³-hybridized carbons (Fsp3) is 0.304. The van der Waals surface area contributed by atoms with Gasteiger partial charge in [0.05, 0.1) is 0 Å². The Hall–Kier alpha value is -2.88. The van der Waals surface area contributed by atoms with E-state index in [0.717, 1.165) is 44.2 Å². The zero-order valence-electron chi connectivity index (χ0n) is 15.8. The third-order valence-corrected chi connectivity index (χ3v) is 5.29. The van der Waals surface area contributed by atoms with Gasteiger partial charge in [-0.1, -0.05) is 60.2 Å². The van der Waals surface area contributed by atoms with Gasteiger partial charge in [0.2, 0.25) is 5.95 Å². The summed E-state index contributed by atoms with van der Waals surface area (Å²) in [5, 5.41) is 3.42. The second-order valence-electron chi connectivity index (χ2n) is 7.25. The molecule has 1 aromatic heterocycles. The first-order valence-electron chi connectivity index (χ1n) is 9.70. The van der Waals surface area contributed by atoms with E-state index in [1.807, 2.05) is 12.3 Å². The largest absolute Gasteiger partial charge is 0.366 e. The highest BCUT2D eigenvalue weighted by atomic mass is 15.3. The van der Waals surface area contributed by atoms with Crippen molar-refractivity contribution >= 4 is 11.8 Å². The highest BCUT2D eigenvalue weighted by Crippen LogP contribution is 2.29. The number of hydrogen-bond donors (Lipinski definition) is 1. The van der Waals surface area contributed by atoms with Crippen LogP contribution in [0.3, 0.4) is 0 Å². The molecule has 0 saturated carbocycles. The van der Waals surface area contributed by atoms with Gasteiger partial charge in [-0.25, -0.2) is 4.98 Å². The molecule has 0 amide bonds. The number of benzene rings is 2. The number of piperidine rings is 1. The Morgan fingerprint density at radius 1 is 0.963 bits per heavy atom. The Kier molecular flexibility index (Phi) is 5.33. The first kappa shape index (κ1) is 17.5. The number of nitrogens with one attached hydrogen (secondary N) is 1. The molecule has 0 radical (unpaired) electrons. The number of aromatic nitrogens is 2. The number of aryl methyl sites for hydroxylation is 1. The van der Waals surface area contributed by atoms with E-state index in [0.29, 0.717) is 5.92 Å². The first-order chi connectivity index (χ1) is 13.3. The fourth-order valence-corrected chi connectivity index (χ4v) is 3.64. The maximum atomic E-state index is 4.73. The number of rotatable bonds is 5. The van der Waals surface area contributed by atoms with E-state index in [9.17, 15) is 0 Å². The van der Waals surface area contributed by atoms with Gasteiger partial charge >= 0.3 is 0 Å². The summed E-state index contributed by atoms with van der Waals surface area (Å²) in [4.78, 5) is 11.5. The van der Waals surface area contributed by atoms with Crippen LogP contribution in [0.5, 0.6) is 0 Å². The molecule has 0 aliphatic carbocycles. The van der Waals surface area contributed by atoms with Crippen LogP contribution in [0, 0.1) is 6.92 Å². The minimum Gasteiger partial charge on any atom is -0.366 e.